The number of nitrogens with zero attached hydrogens (tertiary/aromatic N) is 4. The minimum Gasteiger partial charge on any atom is -0.322 e. The summed E-state index contributed by atoms with van der Waals surface area (Å²) in [4.78, 5) is 0. The zero-order valence-electron chi connectivity index (χ0n) is 8.26. The van der Waals surface area contributed by atoms with E-state index in [1.165, 1.54) is 12.2 Å². The second-order valence-electron chi connectivity index (χ2n) is 3.64. The molecule has 78 valence electrons. The Kier molecular flexibility index (Phi) is 3.02. The van der Waals surface area contributed by atoms with Crippen LogP contribution < -0.4 is 5.73 Å². The number of tetrazole rings is 1. The summed E-state index contributed by atoms with van der Waals surface area (Å²) < 4.78 is 1.90. The highest BCUT2D eigenvalue weighted by atomic mass is 32.2. The van der Waals surface area contributed by atoms with Crippen LogP contribution in [-0.2, 0) is 0 Å². The second kappa shape index (κ2) is 4.27. The Morgan fingerprint density at radius 2 is 2.50 bits per heavy atom. The van der Waals surface area contributed by atoms with Crippen molar-refractivity contribution in [3.05, 3.63) is 5.82 Å². The van der Waals surface area contributed by atoms with E-state index in [4.69, 9.17) is 5.73 Å². The summed E-state index contributed by atoms with van der Waals surface area (Å²) in [7, 11) is 0. The number of rotatable bonds is 2. The molecule has 1 aliphatic rings. The third-order valence-electron chi connectivity index (χ3n) is 2.41. The molecule has 0 bridgehead atoms. The van der Waals surface area contributed by atoms with Crippen molar-refractivity contribution in [3.63, 3.8) is 0 Å². The van der Waals surface area contributed by atoms with Gasteiger partial charge in [-0.2, -0.15) is 11.8 Å². The zero-order chi connectivity index (χ0) is 9.97. The lowest BCUT2D eigenvalue weighted by atomic mass is 10.2. The molecule has 2 rings (SSSR count). The van der Waals surface area contributed by atoms with Gasteiger partial charge in [0, 0.05) is 5.75 Å². The number of nitrogens with two attached hydrogens (primary N) is 1. The first kappa shape index (κ1) is 9.92. The smallest absolute Gasteiger partial charge is 0.168 e. The van der Waals surface area contributed by atoms with Gasteiger partial charge in [-0.1, -0.05) is 0 Å². The predicted octanol–water partition coefficient (Wildman–Crippen LogP) is 0.761. The van der Waals surface area contributed by atoms with Crippen LogP contribution in [0.3, 0.4) is 0 Å². The van der Waals surface area contributed by atoms with Gasteiger partial charge >= 0.3 is 0 Å². The minimum absolute atomic E-state index is 0.0862. The Morgan fingerprint density at radius 3 is 3.14 bits per heavy atom. The third-order valence-corrected chi connectivity index (χ3v) is 3.61. The summed E-state index contributed by atoms with van der Waals surface area (Å²) in [5.41, 5.74) is 5.80. The molecule has 0 radical (unpaired) electrons. The van der Waals surface area contributed by atoms with E-state index >= 15 is 0 Å². The molecule has 14 heavy (non-hydrogen) atoms. The highest BCUT2D eigenvalue weighted by Gasteiger charge is 2.21. The van der Waals surface area contributed by atoms with Gasteiger partial charge in [-0.25, -0.2) is 4.68 Å². The summed E-state index contributed by atoms with van der Waals surface area (Å²) in [5.74, 6) is 3.16. The van der Waals surface area contributed by atoms with Crippen molar-refractivity contribution in [2.45, 2.75) is 31.8 Å². The molecule has 6 heteroatoms. The van der Waals surface area contributed by atoms with E-state index in [0.717, 1.165) is 18.0 Å². The van der Waals surface area contributed by atoms with E-state index in [0.29, 0.717) is 6.04 Å². The molecule has 0 aromatic carbocycles. The Bertz CT molecular complexity index is 292. The van der Waals surface area contributed by atoms with Gasteiger partial charge in [0.2, 0.25) is 0 Å². The summed E-state index contributed by atoms with van der Waals surface area (Å²) in [6, 6.07) is 0.349. The van der Waals surface area contributed by atoms with Crippen LogP contribution in [0.25, 0.3) is 0 Å². The lowest BCUT2D eigenvalue weighted by Crippen LogP contribution is -2.22. The van der Waals surface area contributed by atoms with Crippen LogP contribution >= 0.6 is 11.8 Å². The normalized spacial score (nSPS) is 24.9. The average molecular weight is 213 g/mol. The lowest BCUT2D eigenvalue weighted by molar-refractivity contribution is 0.421. The van der Waals surface area contributed by atoms with Crippen molar-refractivity contribution in [2.75, 3.05) is 11.5 Å². The summed E-state index contributed by atoms with van der Waals surface area (Å²) >= 11 is 1.96. The lowest BCUT2D eigenvalue weighted by Gasteiger charge is -2.22. The molecule has 0 saturated carbocycles. The molecular formula is C8H15N5S. The van der Waals surface area contributed by atoms with E-state index in [1.54, 1.807) is 0 Å². The molecule has 1 fully saturated rings. The number of thioether (sulfide) groups is 1. The van der Waals surface area contributed by atoms with E-state index < -0.39 is 0 Å². The van der Waals surface area contributed by atoms with Gasteiger partial charge in [-0.15, -0.1) is 5.10 Å². The molecule has 2 heterocycles. The first-order chi connectivity index (χ1) is 6.79. The molecule has 0 aliphatic carbocycles. The quantitative estimate of drug-likeness (QED) is 0.785. The molecule has 1 saturated heterocycles. The summed E-state index contributed by atoms with van der Waals surface area (Å²) in [6.45, 7) is 1.91. The largest absolute Gasteiger partial charge is 0.322 e. The van der Waals surface area contributed by atoms with Gasteiger partial charge in [0.05, 0.1) is 12.1 Å². The molecule has 2 unspecified atom stereocenters. The zero-order valence-corrected chi connectivity index (χ0v) is 9.07. The predicted molar refractivity (Wildman–Crippen MR) is 56.0 cm³/mol. The fourth-order valence-corrected chi connectivity index (χ4v) is 2.79. The maximum Gasteiger partial charge on any atom is 0.168 e. The standard InChI is InChI=1S/C8H15N5S/c1-6(9)8-10-11-12-13(8)7-3-2-4-14-5-7/h6-7H,2-5,9H2,1H3. The first-order valence-electron chi connectivity index (χ1n) is 4.90. The van der Waals surface area contributed by atoms with Crippen LogP contribution in [0.2, 0.25) is 0 Å². The van der Waals surface area contributed by atoms with Gasteiger partial charge in [-0.05, 0) is 35.9 Å². The van der Waals surface area contributed by atoms with Gasteiger partial charge in [0.25, 0.3) is 0 Å². The Labute approximate surface area is 87.4 Å². The number of hydrogen-bond donors (Lipinski definition) is 1. The fourth-order valence-electron chi connectivity index (χ4n) is 1.68. The Morgan fingerprint density at radius 1 is 1.64 bits per heavy atom. The van der Waals surface area contributed by atoms with Gasteiger partial charge in [0.15, 0.2) is 5.82 Å². The number of aromatic nitrogens is 4. The second-order valence-corrected chi connectivity index (χ2v) is 4.79. The molecule has 1 aliphatic heterocycles. The van der Waals surface area contributed by atoms with Crippen LogP contribution in [0.5, 0.6) is 0 Å². The maximum atomic E-state index is 5.80. The third kappa shape index (κ3) is 1.90. The number of hydrogen-bond acceptors (Lipinski definition) is 5. The van der Waals surface area contributed by atoms with Crippen LogP contribution in [-0.4, -0.2) is 31.7 Å². The molecule has 0 amide bonds. The maximum absolute atomic E-state index is 5.80. The molecular weight excluding hydrogens is 198 g/mol. The van der Waals surface area contributed by atoms with E-state index in [1.807, 2.05) is 23.4 Å². The molecule has 2 N–H and O–H groups in total. The topological polar surface area (TPSA) is 69.6 Å². The van der Waals surface area contributed by atoms with Crippen LogP contribution in [0.4, 0.5) is 0 Å². The van der Waals surface area contributed by atoms with E-state index in [9.17, 15) is 0 Å². The highest BCUT2D eigenvalue weighted by molar-refractivity contribution is 7.99. The summed E-state index contributed by atoms with van der Waals surface area (Å²) in [5, 5.41) is 11.7. The molecule has 1 aromatic rings. The fraction of sp³-hybridized carbons (Fsp3) is 0.875. The monoisotopic (exact) mass is 213 g/mol. The van der Waals surface area contributed by atoms with Crippen molar-refractivity contribution < 1.29 is 0 Å². The molecule has 5 nitrogen and oxygen atoms in total. The minimum atomic E-state index is -0.0862. The van der Waals surface area contributed by atoms with Crippen molar-refractivity contribution >= 4 is 11.8 Å². The van der Waals surface area contributed by atoms with Gasteiger partial charge in [0.1, 0.15) is 0 Å². The van der Waals surface area contributed by atoms with Crippen molar-refractivity contribution in [1.82, 2.24) is 20.2 Å². The SMILES string of the molecule is CC(N)c1nnnn1C1CCCSC1. The Balaban J connectivity index is 2.17. The van der Waals surface area contributed by atoms with Crippen LogP contribution in [0.15, 0.2) is 0 Å². The van der Waals surface area contributed by atoms with Crippen LogP contribution in [0, 0.1) is 0 Å². The van der Waals surface area contributed by atoms with E-state index in [2.05, 4.69) is 15.5 Å². The van der Waals surface area contributed by atoms with E-state index in [-0.39, 0.29) is 6.04 Å². The average Bonchev–Trinajstić information content (AvgIpc) is 2.67. The molecule has 0 spiro atoms. The first-order valence-corrected chi connectivity index (χ1v) is 6.05. The summed E-state index contributed by atoms with van der Waals surface area (Å²) in [6.07, 6.45) is 2.41. The Hall–Kier alpha value is -0.620. The molecule has 2 atom stereocenters. The van der Waals surface area contributed by atoms with Crippen LogP contribution in [0.1, 0.15) is 37.7 Å². The van der Waals surface area contributed by atoms with Gasteiger partial charge < -0.3 is 5.73 Å². The van der Waals surface area contributed by atoms with Crippen molar-refractivity contribution in [2.24, 2.45) is 5.73 Å². The highest BCUT2D eigenvalue weighted by Crippen LogP contribution is 2.27. The van der Waals surface area contributed by atoms with Crippen molar-refractivity contribution in [1.29, 1.82) is 0 Å². The van der Waals surface area contributed by atoms with Gasteiger partial charge in [-0.3, -0.25) is 0 Å². The van der Waals surface area contributed by atoms with Crippen molar-refractivity contribution in [3.8, 4) is 0 Å². The molecule has 1 aromatic heterocycles.